The number of alkyl halides is 3. The number of halogens is 3. The molecule has 1 aliphatic rings. The van der Waals surface area contributed by atoms with Gasteiger partial charge in [-0.25, -0.2) is 9.78 Å². The van der Waals surface area contributed by atoms with Gasteiger partial charge >= 0.3 is 12.2 Å². The van der Waals surface area contributed by atoms with Crippen LogP contribution in [0.25, 0.3) is 0 Å². The van der Waals surface area contributed by atoms with Crippen LogP contribution in [0.3, 0.4) is 0 Å². The molecule has 0 bridgehead atoms. The highest BCUT2D eigenvalue weighted by molar-refractivity contribution is 5.99. The molecule has 138 valence electrons. The Labute approximate surface area is 149 Å². The number of anilines is 3. The smallest absolute Gasteiger partial charge is 0.357 e. The van der Waals surface area contributed by atoms with E-state index in [2.05, 4.69) is 20.5 Å². The maximum Gasteiger partial charge on any atom is 0.416 e. The second-order valence-corrected chi connectivity index (χ2v) is 6.11. The molecule has 26 heavy (non-hydrogen) atoms. The van der Waals surface area contributed by atoms with E-state index in [9.17, 15) is 18.0 Å². The van der Waals surface area contributed by atoms with Crippen molar-refractivity contribution in [1.82, 2.24) is 4.98 Å². The molecule has 0 unspecified atom stereocenters. The average molecular weight is 364 g/mol. The van der Waals surface area contributed by atoms with Crippen molar-refractivity contribution in [2.75, 3.05) is 28.6 Å². The Morgan fingerprint density at radius 2 is 1.54 bits per heavy atom. The standard InChI is InChI=1S/C18H19F3N4O/c19-18(20,21)13-4-6-14(7-5-13)23-17(26)24-15-8-9-16(22-12-15)25-10-2-1-3-11-25/h4-9,12H,1-3,10-11H2,(H2,23,24,26). The summed E-state index contributed by atoms with van der Waals surface area (Å²) in [7, 11) is 0. The monoisotopic (exact) mass is 364 g/mol. The number of carbonyl (C=O) groups excluding carboxylic acids is 1. The molecule has 2 aromatic rings. The summed E-state index contributed by atoms with van der Waals surface area (Å²) in [5.74, 6) is 0.874. The summed E-state index contributed by atoms with van der Waals surface area (Å²) in [6, 6.07) is 7.31. The molecule has 0 aliphatic carbocycles. The minimum atomic E-state index is -4.40. The summed E-state index contributed by atoms with van der Waals surface area (Å²) in [6.07, 6.45) is 0.702. The summed E-state index contributed by atoms with van der Waals surface area (Å²) in [4.78, 5) is 18.5. The SMILES string of the molecule is O=C(Nc1ccc(C(F)(F)F)cc1)Nc1ccc(N2CCCCC2)nc1. The van der Waals surface area contributed by atoms with Crippen LogP contribution in [0.15, 0.2) is 42.6 Å². The number of nitrogens with zero attached hydrogens (tertiary/aromatic N) is 2. The topological polar surface area (TPSA) is 57.3 Å². The van der Waals surface area contributed by atoms with Crippen LogP contribution in [-0.4, -0.2) is 24.1 Å². The summed E-state index contributed by atoms with van der Waals surface area (Å²) < 4.78 is 37.6. The Hall–Kier alpha value is -2.77. The largest absolute Gasteiger partial charge is 0.416 e. The first kappa shape index (κ1) is 18.0. The fourth-order valence-electron chi connectivity index (χ4n) is 2.81. The average Bonchev–Trinajstić information content (AvgIpc) is 2.63. The molecule has 1 saturated heterocycles. The molecule has 8 heteroatoms. The maximum atomic E-state index is 12.5. The van der Waals surface area contributed by atoms with Gasteiger partial charge < -0.3 is 15.5 Å². The Morgan fingerprint density at radius 3 is 2.12 bits per heavy atom. The zero-order valence-electron chi connectivity index (χ0n) is 14.0. The van der Waals surface area contributed by atoms with Gasteiger partial charge in [-0.15, -0.1) is 0 Å². The molecule has 3 rings (SSSR count). The third kappa shape index (κ3) is 4.65. The van der Waals surface area contributed by atoms with Crippen molar-refractivity contribution in [3.8, 4) is 0 Å². The molecule has 0 spiro atoms. The van der Waals surface area contributed by atoms with Crippen LogP contribution in [0.5, 0.6) is 0 Å². The number of urea groups is 1. The van der Waals surface area contributed by atoms with Crippen LogP contribution in [0.2, 0.25) is 0 Å². The number of pyridine rings is 1. The molecule has 1 aromatic carbocycles. The number of benzene rings is 1. The first-order valence-corrected chi connectivity index (χ1v) is 8.38. The van der Waals surface area contributed by atoms with E-state index in [1.54, 1.807) is 12.3 Å². The van der Waals surface area contributed by atoms with Crippen LogP contribution >= 0.6 is 0 Å². The van der Waals surface area contributed by atoms with Gasteiger partial charge in [0.15, 0.2) is 0 Å². The molecule has 2 amide bonds. The third-order valence-corrected chi connectivity index (χ3v) is 4.16. The number of hydrogen-bond donors (Lipinski definition) is 2. The number of hydrogen-bond acceptors (Lipinski definition) is 3. The quantitative estimate of drug-likeness (QED) is 0.827. The van der Waals surface area contributed by atoms with E-state index in [0.717, 1.165) is 43.9 Å². The predicted octanol–water partition coefficient (Wildman–Crippen LogP) is 4.73. The van der Waals surface area contributed by atoms with Gasteiger partial charge in [-0.3, -0.25) is 0 Å². The highest BCUT2D eigenvalue weighted by atomic mass is 19.4. The molecule has 0 radical (unpaired) electrons. The van der Waals surface area contributed by atoms with E-state index >= 15 is 0 Å². The Bertz CT molecular complexity index is 739. The van der Waals surface area contributed by atoms with Crippen LogP contribution in [0, 0.1) is 0 Å². The highest BCUT2D eigenvalue weighted by Crippen LogP contribution is 2.29. The van der Waals surface area contributed by atoms with Crippen molar-refractivity contribution in [3.63, 3.8) is 0 Å². The maximum absolute atomic E-state index is 12.5. The van der Waals surface area contributed by atoms with E-state index in [4.69, 9.17) is 0 Å². The Balaban J connectivity index is 1.56. The van der Waals surface area contributed by atoms with Crippen molar-refractivity contribution in [2.24, 2.45) is 0 Å². The summed E-state index contributed by atoms with van der Waals surface area (Å²) in [6.45, 7) is 1.96. The zero-order chi connectivity index (χ0) is 18.6. The molecule has 1 aromatic heterocycles. The third-order valence-electron chi connectivity index (χ3n) is 4.16. The second kappa shape index (κ2) is 7.63. The van der Waals surface area contributed by atoms with Crippen molar-refractivity contribution >= 4 is 23.2 Å². The Kier molecular flexibility index (Phi) is 5.29. The highest BCUT2D eigenvalue weighted by Gasteiger charge is 2.29. The molecule has 0 atom stereocenters. The van der Waals surface area contributed by atoms with Gasteiger partial charge in [-0.1, -0.05) is 0 Å². The minimum absolute atomic E-state index is 0.272. The lowest BCUT2D eigenvalue weighted by Gasteiger charge is -2.27. The zero-order valence-corrected chi connectivity index (χ0v) is 14.0. The van der Waals surface area contributed by atoms with Gasteiger partial charge in [0, 0.05) is 18.8 Å². The van der Waals surface area contributed by atoms with Crippen molar-refractivity contribution in [2.45, 2.75) is 25.4 Å². The number of nitrogens with one attached hydrogen (secondary N) is 2. The van der Waals surface area contributed by atoms with E-state index in [0.29, 0.717) is 5.69 Å². The van der Waals surface area contributed by atoms with Crippen LogP contribution in [-0.2, 0) is 6.18 Å². The van der Waals surface area contributed by atoms with Crippen LogP contribution in [0.4, 0.5) is 35.2 Å². The number of carbonyl (C=O) groups is 1. The molecule has 0 saturated carbocycles. The van der Waals surface area contributed by atoms with E-state index in [1.807, 2.05) is 6.07 Å². The second-order valence-electron chi connectivity index (χ2n) is 6.11. The molecule has 5 nitrogen and oxygen atoms in total. The summed E-state index contributed by atoms with van der Waals surface area (Å²) in [5.41, 5.74) is 0.0181. The van der Waals surface area contributed by atoms with Gasteiger partial charge in [0.2, 0.25) is 0 Å². The first-order chi connectivity index (χ1) is 12.4. The van der Waals surface area contributed by atoms with Crippen molar-refractivity contribution < 1.29 is 18.0 Å². The predicted molar refractivity (Wildman–Crippen MR) is 94.4 cm³/mol. The minimum Gasteiger partial charge on any atom is -0.357 e. The molecule has 2 heterocycles. The molecule has 1 fully saturated rings. The molecular formula is C18H19F3N4O. The molecule has 2 N–H and O–H groups in total. The molecular weight excluding hydrogens is 345 g/mol. The fraction of sp³-hybridized carbons (Fsp3) is 0.333. The number of amides is 2. The van der Waals surface area contributed by atoms with Crippen molar-refractivity contribution in [1.29, 1.82) is 0 Å². The van der Waals surface area contributed by atoms with E-state index < -0.39 is 17.8 Å². The summed E-state index contributed by atoms with van der Waals surface area (Å²) >= 11 is 0. The van der Waals surface area contributed by atoms with E-state index in [1.165, 1.54) is 18.6 Å². The van der Waals surface area contributed by atoms with Crippen LogP contribution < -0.4 is 15.5 Å². The fourth-order valence-corrected chi connectivity index (χ4v) is 2.81. The Morgan fingerprint density at radius 1 is 0.923 bits per heavy atom. The first-order valence-electron chi connectivity index (χ1n) is 8.38. The molecule has 1 aliphatic heterocycles. The lowest BCUT2D eigenvalue weighted by Crippen LogP contribution is -2.30. The van der Waals surface area contributed by atoms with Gasteiger partial charge in [0.25, 0.3) is 0 Å². The van der Waals surface area contributed by atoms with Crippen LogP contribution in [0.1, 0.15) is 24.8 Å². The van der Waals surface area contributed by atoms with Gasteiger partial charge in [0.05, 0.1) is 17.4 Å². The number of aromatic nitrogens is 1. The van der Waals surface area contributed by atoms with Gasteiger partial charge in [0.1, 0.15) is 5.82 Å². The lowest BCUT2D eigenvalue weighted by molar-refractivity contribution is -0.137. The van der Waals surface area contributed by atoms with Crippen molar-refractivity contribution in [3.05, 3.63) is 48.2 Å². The normalized spacial score (nSPS) is 14.8. The van der Waals surface area contributed by atoms with E-state index in [-0.39, 0.29) is 5.69 Å². The van der Waals surface area contributed by atoms with Gasteiger partial charge in [-0.2, -0.15) is 13.2 Å². The lowest BCUT2D eigenvalue weighted by atomic mass is 10.1. The van der Waals surface area contributed by atoms with Gasteiger partial charge in [-0.05, 0) is 55.7 Å². The number of rotatable bonds is 3. The number of piperidine rings is 1. The summed E-state index contributed by atoms with van der Waals surface area (Å²) in [5, 5.41) is 5.10.